The van der Waals surface area contributed by atoms with Gasteiger partial charge in [0.2, 0.25) is 5.28 Å². The van der Waals surface area contributed by atoms with Gasteiger partial charge in [-0.1, -0.05) is 18.2 Å². The monoisotopic (exact) mass is 238 g/mol. The number of aliphatic hydroxyl groups is 1. The zero-order valence-corrected chi connectivity index (χ0v) is 8.89. The Balaban J connectivity index is 2.35. The summed E-state index contributed by atoms with van der Waals surface area (Å²) in [6.07, 6.45) is 1.65. The Kier molecular flexibility index (Phi) is 3.12. The summed E-state index contributed by atoms with van der Waals surface area (Å²) in [5.74, 6) is -0.468. The van der Waals surface area contributed by atoms with Gasteiger partial charge in [-0.25, -0.2) is 14.4 Å². The largest absolute Gasteiger partial charge is 0.383 e. The van der Waals surface area contributed by atoms with Gasteiger partial charge in [0, 0.05) is 23.5 Å². The number of hydrogen-bond acceptors (Lipinski definition) is 3. The zero-order valence-electron chi connectivity index (χ0n) is 8.14. The summed E-state index contributed by atoms with van der Waals surface area (Å²) in [6, 6.07) is 6.01. The van der Waals surface area contributed by atoms with Crippen molar-refractivity contribution in [2.45, 2.75) is 6.10 Å². The normalized spacial score (nSPS) is 12.4. The van der Waals surface area contributed by atoms with Crippen LogP contribution in [0.4, 0.5) is 4.39 Å². The molecular weight excluding hydrogens is 231 g/mol. The topological polar surface area (TPSA) is 46.0 Å². The molecule has 0 aliphatic carbocycles. The Labute approximate surface area is 96.6 Å². The van der Waals surface area contributed by atoms with Gasteiger partial charge in [-0.05, 0) is 17.7 Å². The highest BCUT2D eigenvalue weighted by molar-refractivity contribution is 6.28. The van der Waals surface area contributed by atoms with Gasteiger partial charge in [0.25, 0.3) is 0 Å². The summed E-state index contributed by atoms with van der Waals surface area (Å²) in [7, 11) is 0. The molecule has 0 aliphatic rings. The van der Waals surface area contributed by atoms with Gasteiger partial charge in [0.05, 0.1) is 0 Å². The van der Waals surface area contributed by atoms with Crippen LogP contribution in [0.15, 0.2) is 36.7 Å². The molecule has 5 heteroatoms. The molecule has 1 aromatic heterocycles. The molecular formula is C11H8ClFN2O. The summed E-state index contributed by atoms with van der Waals surface area (Å²) in [5, 5.41) is 9.99. The third-order valence-corrected chi connectivity index (χ3v) is 2.35. The summed E-state index contributed by atoms with van der Waals surface area (Å²) in [6.45, 7) is 0. The van der Waals surface area contributed by atoms with Crippen LogP contribution in [-0.2, 0) is 0 Å². The van der Waals surface area contributed by atoms with Gasteiger partial charge in [-0.3, -0.25) is 0 Å². The standard InChI is InChI=1S/C11H8ClFN2O/c12-11-14-5-7(6-15-11)10(16)8-3-1-2-4-9(8)13/h1-6,10,16H. The van der Waals surface area contributed by atoms with Crippen molar-refractivity contribution in [1.29, 1.82) is 0 Å². The molecule has 0 fully saturated rings. The van der Waals surface area contributed by atoms with Crippen LogP contribution < -0.4 is 0 Å². The van der Waals surface area contributed by atoms with E-state index in [2.05, 4.69) is 9.97 Å². The van der Waals surface area contributed by atoms with Crippen LogP contribution in [0, 0.1) is 5.82 Å². The van der Waals surface area contributed by atoms with E-state index in [1.165, 1.54) is 24.5 Å². The van der Waals surface area contributed by atoms with Crippen molar-refractivity contribution in [2.75, 3.05) is 0 Å². The lowest BCUT2D eigenvalue weighted by atomic mass is 10.0. The van der Waals surface area contributed by atoms with E-state index >= 15 is 0 Å². The fourth-order valence-electron chi connectivity index (χ4n) is 1.34. The van der Waals surface area contributed by atoms with Crippen molar-refractivity contribution >= 4 is 11.6 Å². The third kappa shape index (κ3) is 2.18. The molecule has 1 atom stereocenters. The molecule has 0 spiro atoms. The van der Waals surface area contributed by atoms with Gasteiger partial charge in [-0.15, -0.1) is 0 Å². The molecule has 0 radical (unpaired) electrons. The number of nitrogens with zero attached hydrogens (tertiary/aromatic N) is 2. The van der Waals surface area contributed by atoms with Crippen LogP contribution in [0.1, 0.15) is 17.2 Å². The molecule has 3 nitrogen and oxygen atoms in total. The zero-order chi connectivity index (χ0) is 11.5. The molecule has 2 rings (SSSR count). The number of aliphatic hydroxyl groups excluding tert-OH is 1. The van der Waals surface area contributed by atoms with E-state index in [-0.39, 0.29) is 10.8 Å². The number of halogens is 2. The average Bonchev–Trinajstić information content (AvgIpc) is 2.30. The fourth-order valence-corrected chi connectivity index (χ4v) is 1.44. The van der Waals surface area contributed by atoms with Gasteiger partial charge >= 0.3 is 0 Å². The molecule has 0 bridgehead atoms. The van der Waals surface area contributed by atoms with Crippen LogP contribution in [0.5, 0.6) is 0 Å². The van der Waals surface area contributed by atoms with E-state index in [1.54, 1.807) is 12.1 Å². The van der Waals surface area contributed by atoms with Gasteiger partial charge < -0.3 is 5.11 Å². The quantitative estimate of drug-likeness (QED) is 0.817. The van der Waals surface area contributed by atoms with Crippen molar-refractivity contribution in [3.63, 3.8) is 0 Å². The SMILES string of the molecule is OC(c1cnc(Cl)nc1)c1ccccc1F. The van der Waals surface area contributed by atoms with Gasteiger partial charge in [0.1, 0.15) is 11.9 Å². The van der Waals surface area contributed by atoms with Crippen LogP contribution in [-0.4, -0.2) is 15.1 Å². The summed E-state index contributed by atoms with van der Waals surface area (Å²) in [5.41, 5.74) is 0.586. The molecule has 2 aromatic rings. The molecule has 0 saturated carbocycles. The smallest absolute Gasteiger partial charge is 0.222 e. The highest BCUT2D eigenvalue weighted by atomic mass is 35.5. The van der Waals surface area contributed by atoms with Crippen LogP contribution in [0.25, 0.3) is 0 Å². The van der Waals surface area contributed by atoms with Gasteiger partial charge in [0.15, 0.2) is 0 Å². The lowest BCUT2D eigenvalue weighted by molar-refractivity contribution is 0.214. The van der Waals surface area contributed by atoms with Crippen LogP contribution in [0.3, 0.4) is 0 Å². The predicted octanol–water partition coefficient (Wildman–Crippen LogP) is 2.35. The maximum Gasteiger partial charge on any atom is 0.222 e. The molecule has 1 N–H and O–H groups in total. The minimum absolute atomic E-state index is 0.0875. The van der Waals surface area contributed by atoms with E-state index in [0.29, 0.717) is 5.56 Å². The Morgan fingerprint density at radius 1 is 1.19 bits per heavy atom. The average molecular weight is 239 g/mol. The molecule has 0 saturated heterocycles. The maximum absolute atomic E-state index is 13.4. The molecule has 1 unspecified atom stereocenters. The predicted molar refractivity (Wildman–Crippen MR) is 57.5 cm³/mol. The maximum atomic E-state index is 13.4. The molecule has 1 aromatic carbocycles. The van der Waals surface area contributed by atoms with Crippen molar-refractivity contribution in [3.8, 4) is 0 Å². The summed E-state index contributed by atoms with van der Waals surface area (Å²) >= 11 is 5.52. The molecule has 82 valence electrons. The van der Waals surface area contributed by atoms with Crippen molar-refractivity contribution < 1.29 is 9.50 Å². The summed E-state index contributed by atoms with van der Waals surface area (Å²) in [4.78, 5) is 7.45. The Hall–Kier alpha value is -1.52. The molecule has 1 heterocycles. The van der Waals surface area contributed by atoms with E-state index in [0.717, 1.165) is 0 Å². The first kappa shape index (κ1) is 11.0. The van der Waals surface area contributed by atoms with E-state index in [1.807, 2.05) is 0 Å². The second-order valence-electron chi connectivity index (χ2n) is 3.21. The highest BCUT2D eigenvalue weighted by Gasteiger charge is 2.14. The van der Waals surface area contributed by atoms with Crippen LogP contribution >= 0.6 is 11.6 Å². The minimum Gasteiger partial charge on any atom is -0.383 e. The Bertz CT molecular complexity index is 490. The summed E-state index contributed by atoms with van der Waals surface area (Å²) < 4.78 is 13.4. The van der Waals surface area contributed by atoms with Crippen LogP contribution in [0.2, 0.25) is 5.28 Å². The van der Waals surface area contributed by atoms with E-state index < -0.39 is 11.9 Å². The molecule has 16 heavy (non-hydrogen) atoms. The first-order valence-electron chi connectivity index (χ1n) is 4.58. The highest BCUT2D eigenvalue weighted by Crippen LogP contribution is 2.23. The van der Waals surface area contributed by atoms with Crippen molar-refractivity contribution in [2.24, 2.45) is 0 Å². The second kappa shape index (κ2) is 4.55. The first-order chi connectivity index (χ1) is 7.68. The fraction of sp³-hybridized carbons (Fsp3) is 0.0909. The molecule has 0 aliphatic heterocycles. The molecule has 0 amide bonds. The lowest BCUT2D eigenvalue weighted by Gasteiger charge is -2.11. The van der Waals surface area contributed by atoms with Gasteiger partial charge in [-0.2, -0.15) is 0 Å². The van der Waals surface area contributed by atoms with Crippen molar-refractivity contribution in [3.05, 3.63) is 58.9 Å². The Morgan fingerprint density at radius 3 is 2.44 bits per heavy atom. The number of benzene rings is 1. The van der Waals surface area contributed by atoms with Crippen molar-refractivity contribution in [1.82, 2.24) is 9.97 Å². The first-order valence-corrected chi connectivity index (χ1v) is 4.96. The van der Waals surface area contributed by atoms with E-state index in [4.69, 9.17) is 11.6 Å². The lowest BCUT2D eigenvalue weighted by Crippen LogP contribution is -2.03. The second-order valence-corrected chi connectivity index (χ2v) is 3.55. The minimum atomic E-state index is -1.08. The third-order valence-electron chi connectivity index (χ3n) is 2.16. The van der Waals surface area contributed by atoms with E-state index in [9.17, 15) is 9.50 Å². The number of hydrogen-bond donors (Lipinski definition) is 1. The number of aromatic nitrogens is 2. The Morgan fingerprint density at radius 2 is 1.81 bits per heavy atom. The number of rotatable bonds is 2.